The predicted molar refractivity (Wildman–Crippen MR) is 91.3 cm³/mol. The lowest BCUT2D eigenvalue weighted by Crippen LogP contribution is -2.23. The van der Waals surface area contributed by atoms with Gasteiger partial charge in [-0.2, -0.15) is 0 Å². The molecule has 0 aliphatic heterocycles. The second-order valence-corrected chi connectivity index (χ2v) is 7.20. The second kappa shape index (κ2) is 7.39. The maximum Gasteiger partial charge on any atom is 0.306 e. The van der Waals surface area contributed by atoms with Crippen molar-refractivity contribution in [3.05, 3.63) is 33.3 Å². The third-order valence-electron chi connectivity index (χ3n) is 5.11. The zero-order valence-corrected chi connectivity index (χ0v) is 14.3. The molecule has 0 spiro atoms. The summed E-state index contributed by atoms with van der Waals surface area (Å²) in [7, 11) is 0. The van der Waals surface area contributed by atoms with Crippen LogP contribution in [-0.2, 0) is 14.3 Å². The van der Waals surface area contributed by atoms with Crippen LogP contribution in [0, 0.1) is 27.9 Å². The van der Waals surface area contributed by atoms with E-state index < -0.39 is 23.4 Å². The Morgan fingerprint density at radius 3 is 2.76 bits per heavy atom. The minimum Gasteiger partial charge on any atom is -0.456 e. The fourth-order valence-corrected chi connectivity index (χ4v) is 4.17. The maximum absolute atomic E-state index is 11.9. The molecule has 134 valence electrons. The number of fused-ring (bicyclic) bond motifs is 2. The van der Waals surface area contributed by atoms with Gasteiger partial charge in [-0.15, -0.1) is 0 Å². The molecule has 1 amide bonds. The van der Waals surface area contributed by atoms with E-state index in [2.05, 4.69) is 5.32 Å². The molecule has 1 N–H and O–H groups in total. The lowest BCUT2D eigenvalue weighted by atomic mass is 9.86. The van der Waals surface area contributed by atoms with Gasteiger partial charge in [0, 0.05) is 17.5 Å². The van der Waals surface area contributed by atoms with Crippen LogP contribution in [0.3, 0.4) is 0 Å². The first kappa shape index (κ1) is 17.7. The van der Waals surface area contributed by atoms with Crippen molar-refractivity contribution in [3.63, 3.8) is 0 Å². The van der Waals surface area contributed by atoms with Gasteiger partial charge in [0.15, 0.2) is 6.61 Å². The van der Waals surface area contributed by atoms with E-state index in [0.29, 0.717) is 18.3 Å². The van der Waals surface area contributed by atoms with Crippen molar-refractivity contribution < 1.29 is 19.2 Å². The van der Waals surface area contributed by atoms with Gasteiger partial charge in [0.2, 0.25) is 0 Å². The minimum absolute atomic E-state index is 0.0216. The molecule has 2 aliphatic rings. The van der Waals surface area contributed by atoms with Crippen molar-refractivity contribution in [2.75, 3.05) is 11.9 Å². The molecule has 1 aromatic rings. The predicted octanol–water partition coefficient (Wildman–Crippen LogP) is 3.56. The molecule has 2 aliphatic carbocycles. The number of hydrogen-bond donors (Lipinski definition) is 1. The van der Waals surface area contributed by atoms with Crippen LogP contribution >= 0.6 is 11.6 Å². The van der Waals surface area contributed by atoms with E-state index in [1.807, 2.05) is 0 Å². The number of rotatable bonds is 6. The number of halogens is 1. The number of nitrogens with zero attached hydrogens (tertiary/aromatic N) is 1. The molecule has 0 unspecified atom stereocenters. The largest absolute Gasteiger partial charge is 0.456 e. The maximum atomic E-state index is 11.9. The molecule has 2 saturated carbocycles. The molecule has 25 heavy (non-hydrogen) atoms. The Bertz CT molecular complexity index is 708. The Hall–Kier alpha value is -2.15. The van der Waals surface area contributed by atoms with Crippen molar-refractivity contribution in [1.82, 2.24) is 0 Å². The van der Waals surface area contributed by atoms with Gasteiger partial charge in [0.1, 0.15) is 5.69 Å². The summed E-state index contributed by atoms with van der Waals surface area (Å²) in [6.07, 6.45) is 5.06. The Morgan fingerprint density at radius 1 is 1.32 bits per heavy atom. The first-order valence-corrected chi connectivity index (χ1v) is 8.69. The van der Waals surface area contributed by atoms with Gasteiger partial charge < -0.3 is 10.1 Å². The normalized spacial score (nSPS) is 24.1. The monoisotopic (exact) mass is 366 g/mol. The van der Waals surface area contributed by atoms with Crippen LogP contribution in [-0.4, -0.2) is 23.4 Å². The van der Waals surface area contributed by atoms with E-state index in [9.17, 15) is 19.7 Å². The summed E-state index contributed by atoms with van der Waals surface area (Å²) in [4.78, 5) is 34.2. The van der Waals surface area contributed by atoms with E-state index in [1.165, 1.54) is 37.5 Å². The number of hydrogen-bond acceptors (Lipinski definition) is 5. The Balaban J connectivity index is 1.49. The highest BCUT2D eigenvalue weighted by molar-refractivity contribution is 6.31. The van der Waals surface area contributed by atoms with Crippen LogP contribution in [0.4, 0.5) is 11.4 Å². The standard InChI is InChI=1S/C17H19ClN2O5/c18-13-3-4-15(20(23)24)14(8-13)19-16(21)9-25-17(22)7-12-6-10-1-2-11(12)5-10/h3-4,8,10-12H,1-2,5-7,9H2,(H,19,21)/t10-,11-,12-/m1/s1. The van der Waals surface area contributed by atoms with Gasteiger partial charge in [0.05, 0.1) is 4.92 Å². The summed E-state index contributed by atoms with van der Waals surface area (Å²) in [6, 6.07) is 3.86. The van der Waals surface area contributed by atoms with E-state index >= 15 is 0 Å². The Labute approximate surface area is 149 Å². The van der Waals surface area contributed by atoms with Crippen LogP contribution < -0.4 is 5.32 Å². The number of benzene rings is 1. The van der Waals surface area contributed by atoms with Crippen molar-refractivity contribution in [2.45, 2.75) is 32.1 Å². The SMILES string of the molecule is O=C(COC(=O)C[C@H]1C[C@@H]2CC[C@@H]1C2)Nc1cc(Cl)ccc1[N+](=O)[O-]. The minimum atomic E-state index is -0.633. The van der Waals surface area contributed by atoms with Gasteiger partial charge in [0.25, 0.3) is 11.6 Å². The summed E-state index contributed by atoms with van der Waals surface area (Å²) in [6.45, 7) is -0.469. The van der Waals surface area contributed by atoms with Crippen LogP contribution in [0.5, 0.6) is 0 Å². The zero-order valence-electron chi connectivity index (χ0n) is 13.6. The smallest absolute Gasteiger partial charge is 0.306 e. The van der Waals surface area contributed by atoms with E-state index in [1.54, 1.807) is 0 Å². The van der Waals surface area contributed by atoms with E-state index in [4.69, 9.17) is 16.3 Å². The van der Waals surface area contributed by atoms with Gasteiger partial charge in [-0.1, -0.05) is 18.0 Å². The lowest BCUT2D eigenvalue weighted by Gasteiger charge is -2.20. The van der Waals surface area contributed by atoms with Crippen molar-refractivity contribution >= 4 is 34.9 Å². The second-order valence-electron chi connectivity index (χ2n) is 6.77. The summed E-state index contributed by atoms with van der Waals surface area (Å²) >= 11 is 5.80. The number of carbonyl (C=O) groups excluding carboxylic acids is 2. The molecule has 0 heterocycles. The third kappa shape index (κ3) is 4.28. The topological polar surface area (TPSA) is 98.5 Å². The molecule has 0 aromatic heterocycles. The van der Waals surface area contributed by atoms with Crippen LogP contribution in [0.1, 0.15) is 32.1 Å². The Kier molecular flexibility index (Phi) is 5.22. The zero-order chi connectivity index (χ0) is 18.0. The molecule has 2 bridgehead atoms. The highest BCUT2D eigenvalue weighted by Gasteiger charge is 2.40. The third-order valence-corrected chi connectivity index (χ3v) is 5.34. The molecular weight excluding hydrogens is 348 g/mol. The quantitative estimate of drug-likeness (QED) is 0.471. The number of carbonyl (C=O) groups is 2. The Morgan fingerprint density at radius 2 is 2.12 bits per heavy atom. The van der Waals surface area contributed by atoms with Crippen LogP contribution in [0.25, 0.3) is 0 Å². The molecule has 3 atom stereocenters. The molecule has 3 rings (SSSR count). The van der Waals surface area contributed by atoms with Crippen LogP contribution in [0.2, 0.25) is 5.02 Å². The number of amides is 1. The first-order valence-electron chi connectivity index (χ1n) is 8.31. The highest BCUT2D eigenvalue weighted by Crippen LogP contribution is 2.49. The lowest BCUT2D eigenvalue weighted by molar-refractivity contribution is -0.383. The molecule has 7 nitrogen and oxygen atoms in total. The number of nitro groups is 1. The molecule has 1 aromatic carbocycles. The highest BCUT2D eigenvalue weighted by atomic mass is 35.5. The average Bonchev–Trinajstić information content (AvgIpc) is 3.15. The number of anilines is 1. The number of ether oxygens (including phenoxy) is 1. The summed E-state index contributed by atoms with van der Waals surface area (Å²) in [5.41, 5.74) is -0.294. The summed E-state index contributed by atoms with van der Waals surface area (Å²) in [5, 5.41) is 13.6. The molecule has 0 saturated heterocycles. The first-order chi connectivity index (χ1) is 11.9. The number of esters is 1. The average molecular weight is 367 g/mol. The molecule has 2 fully saturated rings. The number of nitrogens with one attached hydrogen (secondary N) is 1. The van der Waals surface area contributed by atoms with Gasteiger partial charge in [-0.25, -0.2) is 0 Å². The van der Waals surface area contributed by atoms with Crippen molar-refractivity contribution in [2.24, 2.45) is 17.8 Å². The molecule has 0 radical (unpaired) electrons. The molecular formula is C17H19ClN2O5. The van der Waals surface area contributed by atoms with E-state index in [-0.39, 0.29) is 16.4 Å². The van der Waals surface area contributed by atoms with Crippen molar-refractivity contribution in [3.8, 4) is 0 Å². The molecule has 8 heteroatoms. The van der Waals surface area contributed by atoms with Gasteiger partial charge in [-0.05, 0) is 49.1 Å². The van der Waals surface area contributed by atoms with Crippen LogP contribution in [0.15, 0.2) is 18.2 Å². The fraction of sp³-hybridized carbons (Fsp3) is 0.529. The van der Waals surface area contributed by atoms with E-state index in [0.717, 1.165) is 12.3 Å². The number of nitro benzene ring substituents is 1. The van der Waals surface area contributed by atoms with Gasteiger partial charge in [-0.3, -0.25) is 19.7 Å². The summed E-state index contributed by atoms with van der Waals surface area (Å²) in [5.74, 6) is 0.693. The fourth-order valence-electron chi connectivity index (χ4n) is 4.00. The summed E-state index contributed by atoms with van der Waals surface area (Å²) < 4.78 is 5.02. The van der Waals surface area contributed by atoms with Crippen molar-refractivity contribution in [1.29, 1.82) is 0 Å². The van der Waals surface area contributed by atoms with Gasteiger partial charge >= 0.3 is 5.97 Å².